The highest BCUT2D eigenvalue weighted by Gasteiger charge is 2.28. The molecule has 0 aliphatic rings. The summed E-state index contributed by atoms with van der Waals surface area (Å²) in [6, 6.07) is 25.8. The van der Waals surface area contributed by atoms with Crippen LogP contribution in [0, 0.1) is 0 Å². The molecule has 4 aromatic rings. The van der Waals surface area contributed by atoms with Crippen molar-refractivity contribution in [1.29, 1.82) is 0 Å². The fourth-order valence-corrected chi connectivity index (χ4v) is 5.54. The number of sulfone groups is 1. The molecule has 0 unspecified atom stereocenters. The summed E-state index contributed by atoms with van der Waals surface area (Å²) < 4.78 is 28.5. The van der Waals surface area contributed by atoms with E-state index in [2.05, 4.69) is 26.2 Å². The summed E-state index contributed by atoms with van der Waals surface area (Å²) in [4.78, 5) is 4.96. The third-order valence-corrected chi connectivity index (χ3v) is 7.33. The summed E-state index contributed by atoms with van der Waals surface area (Å²) in [5.74, 6) is 0.427. The van der Waals surface area contributed by atoms with Crippen molar-refractivity contribution in [2.45, 2.75) is 10.8 Å². The van der Waals surface area contributed by atoms with Gasteiger partial charge in [0.25, 0.3) is 0 Å². The summed E-state index contributed by atoms with van der Waals surface area (Å²) in [5.41, 5.74) is 1.73. The molecule has 1 heterocycles. The van der Waals surface area contributed by atoms with Crippen molar-refractivity contribution >= 4 is 48.1 Å². The fraction of sp³-hybridized carbons (Fsp3) is 0.0476. The third-order valence-electron chi connectivity index (χ3n) is 4.16. The van der Waals surface area contributed by atoms with Gasteiger partial charge in [-0.05, 0) is 53.5 Å². The molecular formula is C21H17BrN3O2S2+. The quantitative estimate of drug-likeness (QED) is 0.388. The molecule has 5 nitrogen and oxygen atoms in total. The number of anilines is 2. The number of rotatable bonds is 6. The molecule has 0 aliphatic heterocycles. The Morgan fingerprint density at radius 3 is 2.17 bits per heavy atom. The van der Waals surface area contributed by atoms with E-state index in [9.17, 15) is 8.42 Å². The van der Waals surface area contributed by atoms with Gasteiger partial charge in [-0.2, -0.15) is 3.96 Å². The summed E-state index contributed by atoms with van der Waals surface area (Å²) in [6.45, 7) is 0. The van der Waals surface area contributed by atoms with E-state index in [0.717, 1.165) is 15.7 Å². The predicted octanol–water partition coefficient (Wildman–Crippen LogP) is 5.04. The van der Waals surface area contributed by atoms with Gasteiger partial charge in [-0.1, -0.05) is 52.3 Å². The Balaban J connectivity index is 1.71. The van der Waals surface area contributed by atoms with Gasteiger partial charge in [0.05, 0.1) is 10.5 Å². The van der Waals surface area contributed by atoms with Gasteiger partial charge < -0.3 is 5.32 Å². The Morgan fingerprint density at radius 1 is 0.897 bits per heavy atom. The molecule has 29 heavy (non-hydrogen) atoms. The number of halogens is 1. The van der Waals surface area contributed by atoms with Gasteiger partial charge in [-0.3, -0.25) is 0 Å². The number of hydrogen-bond donors (Lipinski definition) is 1. The molecule has 1 aromatic heterocycles. The second-order valence-corrected chi connectivity index (χ2v) is 10.1. The lowest BCUT2D eigenvalue weighted by atomic mass is 10.2. The van der Waals surface area contributed by atoms with Crippen LogP contribution in [-0.4, -0.2) is 13.4 Å². The van der Waals surface area contributed by atoms with Crippen molar-refractivity contribution in [2.75, 3.05) is 5.32 Å². The highest BCUT2D eigenvalue weighted by Crippen LogP contribution is 2.24. The molecule has 0 bridgehead atoms. The van der Waals surface area contributed by atoms with E-state index in [1.54, 1.807) is 34.3 Å². The van der Waals surface area contributed by atoms with E-state index >= 15 is 0 Å². The summed E-state index contributed by atoms with van der Waals surface area (Å²) >= 11 is 4.70. The van der Waals surface area contributed by atoms with Gasteiger partial charge in [0.15, 0.2) is 0 Å². The molecule has 0 amide bonds. The van der Waals surface area contributed by atoms with Gasteiger partial charge in [0, 0.05) is 10.2 Å². The molecule has 0 atom stereocenters. The minimum Gasteiger partial charge on any atom is -0.308 e. The Labute approximate surface area is 181 Å². The highest BCUT2D eigenvalue weighted by atomic mass is 79.9. The third kappa shape index (κ3) is 4.72. The average Bonchev–Trinajstić information content (AvgIpc) is 3.12. The van der Waals surface area contributed by atoms with Crippen LogP contribution in [0.15, 0.2) is 94.3 Å². The van der Waals surface area contributed by atoms with Crippen LogP contribution in [0.1, 0.15) is 0 Å². The first-order valence-electron chi connectivity index (χ1n) is 8.78. The van der Waals surface area contributed by atoms with Crippen LogP contribution in [0.3, 0.4) is 0 Å². The zero-order valence-electron chi connectivity index (χ0n) is 15.2. The Hall–Kier alpha value is -2.55. The van der Waals surface area contributed by atoms with E-state index in [-0.39, 0.29) is 5.88 Å². The predicted molar refractivity (Wildman–Crippen MR) is 119 cm³/mol. The lowest BCUT2D eigenvalue weighted by molar-refractivity contribution is -0.597. The van der Waals surface area contributed by atoms with E-state index in [4.69, 9.17) is 0 Å². The monoisotopic (exact) mass is 486 g/mol. The Bertz CT molecular complexity index is 1210. The van der Waals surface area contributed by atoms with Crippen molar-refractivity contribution in [2.24, 2.45) is 0 Å². The smallest absolute Gasteiger partial charge is 0.308 e. The molecule has 0 aliphatic carbocycles. The zero-order chi connectivity index (χ0) is 20.3. The molecule has 3 aromatic carbocycles. The summed E-state index contributed by atoms with van der Waals surface area (Å²) in [5, 5.41) is 3.88. The molecule has 146 valence electrons. The normalized spacial score (nSPS) is 11.3. The molecule has 0 fully saturated rings. The molecule has 0 saturated heterocycles. The number of hydrogen-bond acceptors (Lipinski definition) is 5. The van der Waals surface area contributed by atoms with Crippen LogP contribution in [0.25, 0.3) is 11.4 Å². The molecule has 8 heteroatoms. The molecule has 0 spiro atoms. The maximum Gasteiger partial charge on any atom is 0.346 e. The van der Waals surface area contributed by atoms with Crippen molar-refractivity contribution in [3.8, 4) is 11.4 Å². The lowest BCUT2D eigenvalue weighted by Gasteiger charge is -2.02. The minimum absolute atomic E-state index is 0.180. The van der Waals surface area contributed by atoms with Gasteiger partial charge in [-0.15, -0.1) is 0 Å². The highest BCUT2D eigenvalue weighted by molar-refractivity contribution is 9.10. The van der Waals surface area contributed by atoms with E-state index < -0.39 is 9.84 Å². The number of aromatic nitrogens is 2. The number of nitrogens with zero attached hydrogens (tertiary/aromatic N) is 2. The fourth-order valence-electron chi connectivity index (χ4n) is 2.77. The van der Waals surface area contributed by atoms with Gasteiger partial charge in [0.1, 0.15) is 11.5 Å². The summed E-state index contributed by atoms with van der Waals surface area (Å²) in [7, 11) is -3.51. The second kappa shape index (κ2) is 8.44. The standard InChI is InChI=1S/C21H16BrN3O2S2/c22-17-11-13-18(14-12-17)23-21-24-20(16-7-3-1-4-8-16)25(28-21)15-29(26,27)19-9-5-2-6-10-19/h1-14H,15H2/p+1. The van der Waals surface area contributed by atoms with Crippen LogP contribution < -0.4 is 9.27 Å². The molecule has 0 saturated carbocycles. The zero-order valence-corrected chi connectivity index (χ0v) is 18.4. The average molecular weight is 487 g/mol. The first-order chi connectivity index (χ1) is 14.0. The van der Waals surface area contributed by atoms with Crippen molar-refractivity contribution in [1.82, 2.24) is 4.98 Å². The van der Waals surface area contributed by atoms with Crippen LogP contribution >= 0.6 is 27.5 Å². The van der Waals surface area contributed by atoms with Gasteiger partial charge in [0.2, 0.25) is 15.7 Å². The van der Waals surface area contributed by atoms with E-state index in [0.29, 0.717) is 15.9 Å². The minimum atomic E-state index is -3.51. The largest absolute Gasteiger partial charge is 0.346 e. The van der Waals surface area contributed by atoms with Crippen molar-refractivity contribution in [3.05, 3.63) is 89.4 Å². The first-order valence-corrected chi connectivity index (χ1v) is 12.0. The molecular weight excluding hydrogens is 470 g/mol. The van der Waals surface area contributed by atoms with E-state index in [1.165, 1.54) is 11.5 Å². The van der Waals surface area contributed by atoms with Crippen molar-refractivity contribution in [3.63, 3.8) is 0 Å². The van der Waals surface area contributed by atoms with Crippen molar-refractivity contribution < 1.29 is 12.4 Å². The molecule has 4 rings (SSSR count). The van der Waals surface area contributed by atoms with Gasteiger partial charge >= 0.3 is 11.0 Å². The summed E-state index contributed by atoms with van der Waals surface area (Å²) in [6.07, 6.45) is 0. The SMILES string of the molecule is O=S(=O)(C[n+]1sc(Nc2ccc(Br)cc2)nc1-c1ccccc1)c1ccccc1. The molecule has 1 N–H and O–H groups in total. The van der Waals surface area contributed by atoms with Crippen LogP contribution in [-0.2, 0) is 15.7 Å². The molecule has 0 radical (unpaired) electrons. The van der Waals surface area contributed by atoms with Crippen LogP contribution in [0.2, 0.25) is 0 Å². The second-order valence-electron chi connectivity index (χ2n) is 6.27. The van der Waals surface area contributed by atoms with Crippen LogP contribution in [0.4, 0.5) is 10.8 Å². The topological polar surface area (TPSA) is 62.9 Å². The maximum atomic E-state index is 12.9. The first kappa shape index (κ1) is 19.8. The van der Waals surface area contributed by atoms with Gasteiger partial charge in [-0.25, -0.2) is 8.42 Å². The Kier molecular flexibility index (Phi) is 5.75. The lowest BCUT2D eigenvalue weighted by Crippen LogP contribution is -2.36. The number of benzene rings is 3. The Morgan fingerprint density at radius 2 is 1.52 bits per heavy atom. The van der Waals surface area contributed by atoms with E-state index in [1.807, 2.05) is 54.6 Å². The number of nitrogens with one attached hydrogen (secondary N) is 1. The van der Waals surface area contributed by atoms with Crippen LogP contribution in [0.5, 0.6) is 0 Å². The maximum absolute atomic E-state index is 12.9.